The maximum Gasteiger partial charge on any atom is -0.0266 e. The summed E-state index contributed by atoms with van der Waals surface area (Å²) < 4.78 is 0. The van der Waals surface area contributed by atoms with E-state index in [-0.39, 0.29) is 6.15 Å². The van der Waals surface area contributed by atoms with Crippen LogP contribution >= 0.6 is 0 Å². The molecule has 0 unspecified atom stereocenters. The van der Waals surface area contributed by atoms with E-state index in [1.54, 1.807) is 0 Å². The lowest BCUT2D eigenvalue weighted by Crippen LogP contribution is -1.83. The number of hydrogen-bond donors (Lipinski definition) is 1. The van der Waals surface area contributed by atoms with Crippen LogP contribution in [0, 0.1) is 5.92 Å². The van der Waals surface area contributed by atoms with E-state index < -0.39 is 0 Å². The van der Waals surface area contributed by atoms with Crippen molar-refractivity contribution in [3.05, 3.63) is 12.2 Å². The summed E-state index contributed by atoms with van der Waals surface area (Å²) in [6.45, 7) is 10.1. The predicted octanol–water partition coefficient (Wildman–Crippen LogP) is 2.38. The second-order valence-electron chi connectivity index (χ2n) is 2.00. The smallest absolute Gasteiger partial charge is 0.0266 e. The van der Waals surface area contributed by atoms with Gasteiger partial charge in [-0.25, -0.2) is 0 Å². The minimum Gasteiger partial charge on any atom is -0.344 e. The third-order valence-corrected chi connectivity index (χ3v) is 0.986. The van der Waals surface area contributed by atoms with E-state index in [2.05, 4.69) is 20.4 Å². The summed E-state index contributed by atoms with van der Waals surface area (Å²) >= 11 is 0. The standard InChI is InChI=1S/C6H12.H3N/c1-5(2)6(3)4;/h6H,1H2,2-4H3;1H3. The van der Waals surface area contributed by atoms with Gasteiger partial charge in [0.05, 0.1) is 0 Å². The van der Waals surface area contributed by atoms with Crippen molar-refractivity contribution in [2.45, 2.75) is 20.8 Å². The van der Waals surface area contributed by atoms with Gasteiger partial charge in [-0.15, -0.1) is 0 Å². The molecule has 7 heavy (non-hydrogen) atoms. The molecule has 0 atom stereocenters. The fourth-order valence-corrected chi connectivity index (χ4v) is 0. The summed E-state index contributed by atoms with van der Waals surface area (Å²) in [5, 5.41) is 0. The molecule has 0 aliphatic rings. The first-order chi connectivity index (χ1) is 2.64. The van der Waals surface area contributed by atoms with Gasteiger partial charge in [0.1, 0.15) is 0 Å². The fourth-order valence-electron chi connectivity index (χ4n) is 0. The zero-order valence-electron chi connectivity index (χ0n) is 5.49. The first-order valence-electron chi connectivity index (χ1n) is 2.30. The third kappa shape index (κ3) is 5.70. The molecule has 0 saturated carbocycles. The molecule has 0 radical (unpaired) electrons. The molecule has 0 bridgehead atoms. The highest BCUT2D eigenvalue weighted by atomic mass is 14.0. The lowest BCUT2D eigenvalue weighted by molar-refractivity contribution is 0.773. The normalized spacial score (nSPS) is 8.00. The average Bonchev–Trinajstić information content (AvgIpc) is 1.36. The maximum atomic E-state index is 3.75. The fraction of sp³-hybridized carbons (Fsp3) is 0.667. The van der Waals surface area contributed by atoms with Crippen molar-refractivity contribution >= 4 is 0 Å². The minimum atomic E-state index is 0. The second kappa shape index (κ2) is 3.88. The van der Waals surface area contributed by atoms with Crippen LogP contribution in [0.5, 0.6) is 0 Å². The first kappa shape index (κ1) is 9.85. The zero-order valence-corrected chi connectivity index (χ0v) is 5.49. The Morgan fingerprint density at radius 3 is 1.57 bits per heavy atom. The first-order valence-corrected chi connectivity index (χ1v) is 2.30. The van der Waals surface area contributed by atoms with E-state index in [1.807, 2.05) is 6.92 Å². The molecule has 1 heteroatoms. The topological polar surface area (TPSA) is 35.0 Å². The maximum absolute atomic E-state index is 3.75. The highest BCUT2D eigenvalue weighted by molar-refractivity contribution is 4.90. The van der Waals surface area contributed by atoms with Gasteiger partial charge in [-0.2, -0.15) is 0 Å². The van der Waals surface area contributed by atoms with Crippen molar-refractivity contribution in [1.29, 1.82) is 0 Å². The Bertz CT molecular complexity index is 55.2. The number of allylic oxidation sites excluding steroid dienone is 1. The molecular weight excluding hydrogens is 86.1 g/mol. The summed E-state index contributed by atoms with van der Waals surface area (Å²) in [5.41, 5.74) is 1.26. The van der Waals surface area contributed by atoms with Crippen molar-refractivity contribution in [3.63, 3.8) is 0 Å². The Balaban J connectivity index is 0. The van der Waals surface area contributed by atoms with Crippen LogP contribution in [-0.2, 0) is 0 Å². The minimum absolute atomic E-state index is 0. The largest absolute Gasteiger partial charge is 0.344 e. The predicted molar refractivity (Wildman–Crippen MR) is 34.7 cm³/mol. The molecule has 3 N–H and O–H groups in total. The summed E-state index contributed by atoms with van der Waals surface area (Å²) in [6, 6.07) is 0. The highest BCUT2D eigenvalue weighted by Crippen LogP contribution is 2.02. The molecule has 0 saturated heterocycles. The second-order valence-corrected chi connectivity index (χ2v) is 2.00. The molecule has 0 aromatic carbocycles. The molecule has 0 aromatic rings. The van der Waals surface area contributed by atoms with Crippen LogP contribution in [0.25, 0.3) is 0 Å². The molecule has 0 rings (SSSR count). The van der Waals surface area contributed by atoms with Crippen LogP contribution in [0.3, 0.4) is 0 Å². The van der Waals surface area contributed by atoms with Crippen molar-refractivity contribution in [1.82, 2.24) is 6.15 Å². The zero-order chi connectivity index (χ0) is 5.15. The molecule has 0 amide bonds. The number of hydrogen-bond acceptors (Lipinski definition) is 1. The van der Waals surface area contributed by atoms with Gasteiger partial charge >= 0.3 is 0 Å². The quantitative estimate of drug-likeness (QED) is 0.505. The van der Waals surface area contributed by atoms with Gasteiger partial charge in [-0.3, -0.25) is 0 Å². The van der Waals surface area contributed by atoms with Crippen LogP contribution in [0.2, 0.25) is 0 Å². The lowest BCUT2D eigenvalue weighted by Gasteiger charge is -1.97. The summed E-state index contributed by atoms with van der Waals surface area (Å²) in [5.74, 6) is 0.657. The Kier molecular flexibility index (Phi) is 5.46. The van der Waals surface area contributed by atoms with E-state index in [9.17, 15) is 0 Å². The monoisotopic (exact) mass is 101 g/mol. The average molecular weight is 101 g/mol. The van der Waals surface area contributed by atoms with Crippen LogP contribution in [0.4, 0.5) is 0 Å². The van der Waals surface area contributed by atoms with Gasteiger partial charge in [-0.05, 0) is 12.8 Å². The summed E-state index contributed by atoms with van der Waals surface area (Å²) in [7, 11) is 0. The Labute approximate surface area is 46.0 Å². The molecule has 44 valence electrons. The van der Waals surface area contributed by atoms with Gasteiger partial charge in [0, 0.05) is 0 Å². The summed E-state index contributed by atoms with van der Waals surface area (Å²) in [6.07, 6.45) is 0. The molecule has 0 aliphatic heterocycles. The molecule has 0 aromatic heterocycles. The molecule has 1 nitrogen and oxygen atoms in total. The molecular formula is C6H15N. The Morgan fingerprint density at radius 1 is 1.43 bits per heavy atom. The van der Waals surface area contributed by atoms with Crippen molar-refractivity contribution in [2.75, 3.05) is 0 Å². The van der Waals surface area contributed by atoms with Crippen LogP contribution in [0.15, 0.2) is 12.2 Å². The number of rotatable bonds is 1. The molecule has 0 heterocycles. The lowest BCUT2D eigenvalue weighted by atomic mass is 10.1. The van der Waals surface area contributed by atoms with Crippen LogP contribution < -0.4 is 6.15 Å². The SMILES string of the molecule is C=C(C)C(C)C.N. The van der Waals surface area contributed by atoms with E-state index in [0.29, 0.717) is 5.92 Å². The van der Waals surface area contributed by atoms with Crippen LogP contribution in [-0.4, -0.2) is 0 Å². The van der Waals surface area contributed by atoms with Crippen molar-refractivity contribution in [2.24, 2.45) is 5.92 Å². The van der Waals surface area contributed by atoms with E-state index in [4.69, 9.17) is 0 Å². The molecule has 0 fully saturated rings. The van der Waals surface area contributed by atoms with Gasteiger partial charge in [0.15, 0.2) is 0 Å². The van der Waals surface area contributed by atoms with Gasteiger partial charge in [0.25, 0.3) is 0 Å². The van der Waals surface area contributed by atoms with Crippen molar-refractivity contribution < 1.29 is 0 Å². The summed E-state index contributed by atoms with van der Waals surface area (Å²) in [4.78, 5) is 0. The van der Waals surface area contributed by atoms with E-state index >= 15 is 0 Å². The van der Waals surface area contributed by atoms with Gasteiger partial charge in [-0.1, -0.05) is 26.0 Å². The molecule has 0 aliphatic carbocycles. The molecule has 0 spiro atoms. The Morgan fingerprint density at radius 2 is 1.57 bits per heavy atom. The van der Waals surface area contributed by atoms with Gasteiger partial charge < -0.3 is 6.15 Å². The van der Waals surface area contributed by atoms with Crippen LogP contribution in [0.1, 0.15) is 20.8 Å². The van der Waals surface area contributed by atoms with E-state index in [0.717, 1.165) is 0 Å². The third-order valence-electron chi connectivity index (χ3n) is 0.986. The van der Waals surface area contributed by atoms with Gasteiger partial charge in [0.2, 0.25) is 0 Å². The van der Waals surface area contributed by atoms with Crippen molar-refractivity contribution in [3.8, 4) is 0 Å². The Hall–Kier alpha value is -0.300. The highest BCUT2D eigenvalue weighted by Gasteiger charge is 1.87. The van der Waals surface area contributed by atoms with E-state index in [1.165, 1.54) is 5.57 Å².